The van der Waals surface area contributed by atoms with Gasteiger partial charge < -0.3 is 9.42 Å². The topological polar surface area (TPSA) is 110 Å². The van der Waals surface area contributed by atoms with Gasteiger partial charge in [0.05, 0.1) is 11.6 Å². The molecule has 0 aliphatic carbocycles. The third-order valence-corrected chi connectivity index (χ3v) is 4.71. The van der Waals surface area contributed by atoms with E-state index in [0.717, 1.165) is 48.5 Å². The second kappa shape index (κ2) is 6.17. The molecule has 1 saturated heterocycles. The molecule has 1 fully saturated rings. The molecule has 1 N–H and O–H groups in total. The van der Waals surface area contributed by atoms with Crippen LogP contribution in [0.2, 0.25) is 0 Å². The average molecular weight is 348 g/mol. The minimum absolute atomic E-state index is 0.248. The summed E-state index contributed by atoms with van der Waals surface area (Å²) in [7, 11) is 0. The van der Waals surface area contributed by atoms with Crippen LogP contribution >= 0.6 is 0 Å². The highest BCUT2D eigenvalue weighted by atomic mass is 16.5. The quantitative estimate of drug-likeness (QED) is 0.600. The van der Waals surface area contributed by atoms with Crippen molar-refractivity contribution >= 4 is 16.9 Å². The predicted molar refractivity (Wildman–Crippen MR) is 93.4 cm³/mol. The van der Waals surface area contributed by atoms with Crippen LogP contribution in [0.4, 0.5) is 5.82 Å². The van der Waals surface area contributed by atoms with E-state index in [4.69, 9.17) is 4.52 Å². The van der Waals surface area contributed by atoms with Gasteiger partial charge in [-0.25, -0.2) is 9.97 Å². The number of pyridine rings is 1. The molecule has 1 aliphatic rings. The Hall–Kier alpha value is -3.36. The highest BCUT2D eigenvalue weighted by molar-refractivity contribution is 5.86. The molecule has 0 bridgehead atoms. The molecule has 0 spiro atoms. The summed E-state index contributed by atoms with van der Waals surface area (Å²) in [5, 5.41) is 12.0. The first-order valence-corrected chi connectivity index (χ1v) is 8.52. The molecule has 0 atom stereocenters. The van der Waals surface area contributed by atoms with Gasteiger partial charge >= 0.3 is 0 Å². The molecule has 4 aromatic rings. The van der Waals surface area contributed by atoms with Crippen LogP contribution in [0, 0.1) is 0 Å². The predicted octanol–water partition coefficient (Wildman–Crippen LogP) is 2.18. The van der Waals surface area contributed by atoms with E-state index in [1.54, 1.807) is 18.7 Å². The number of piperidine rings is 1. The first-order valence-electron chi connectivity index (χ1n) is 8.52. The van der Waals surface area contributed by atoms with E-state index < -0.39 is 0 Å². The van der Waals surface area contributed by atoms with E-state index in [2.05, 4.69) is 40.2 Å². The maximum absolute atomic E-state index is 5.50. The van der Waals surface area contributed by atoms with Crippen molar-refractivity contribution in [1.29, 1.82) is 0 Å². The summed E-state index contributed by atoms with van der Waals surface area (Å²) in [6.07, 6.45) is 6.91. The smallest absolute Gasteiger partial charge is 0.230 e. The fourth-order valence-corrected chi connectivity index (χ4v) is 3.34. The fourth-order valence-electron chi connectivity index (χ4n) is 3.34. The van der Waals surface area contributed by atoms with Crippen LogP contribution < -0.4 is 4.90 Å². The number of nitrogens with zero attached hydrogens (tertiary/aromatic N) is 7. The normalized spacial score (nSPS) is 15.6. The molecule has 0 aromatic carbocycles. The zero-order valence-electron chi connectivity index (χ0n) is 13.9. The Morgan fingerprint density at radius 3 is 2.88 bits per heavy atom. The van der Waals surface area contributed by atoms with E-state index in [-0.39, 0.29) is 5.92 Å². The number of rotatable bonds is 3. The number of hydrogen-bond donors (Lipinski definition) is 1. The van der Waals surface area contributed by atoms with Gasteiger partial charge in [0.2, 0.25) is 11.7 Å². The van der Waals surface area contributed by atoms with Crippen molar-refractivity contribution in [3.63, 3.8) is 0 Å². The SMILES string of the molecule is c1ccc(-c2noc(C3CCN(c4ncnc5[nH]ncc45)CC3)n2)nc1. The fraction of sp³-hybridized carbons (Fsp3) is 0.294. The summed E-state index contributed by atoms with van der Waals surface area (Å²) in [4.78, 5) is 19.7. The monoisotopic (exact) mass is 348 g/mol. The summed E-state index contributed by atoms with van der Waals surface area (Å²) < 4.78 is 5.50. The summed E-state index contributed by atoms with van der Waals surface area (Å²) in [5.74, 6) is 2.39. The third kappa shape index (κ3) is 2.57. The number of aromatic amines is 1. The van der Waals surface area contributed by atoms with Crippen molar-refractivity contribution in [3.05, 3.63) is 42.8 Å². The van der Waals surface area contributed by atoms with Crippen molar-refractivity contribution in [2.45, 2.75) is 18.8 Å². The van der Waals surface area contributed by atoms with Gasteiger partial charge in [0.1, 0.15) is 17.8 Å². The number of hydrogen-bond acceptors (Lipinski definition) is 8. The summed E-state index contributed by atoms with van der Waals surface area (Å²) in [5.41, 5.74) is 1.48. The molecule has 0 saturated carbocycles. The van der Waals surface area contributed by atoms with E-state index in [9.17, 15) is 0 Å². The number of H-pyrrole nitrogens is 1. The Kier molecular flexibility index (Phi) is 3.55. The Labute approximate surface area is 148 Å². The maximum atomic E-state index is 5.50. The lowest BCUT2D eigenvalue weighted by Gasteiger charge is -2.31. The van der Waals surface area contributed by atoms with Crippen molar-refractivity contribution in [2.75, 3.05) is 18.0 Å². The zero-order chi connectivity index (χ0) is 17.3. The van der Waals surface area contributed by atoms with E-state index >= 15 is 0 Å². The van der Waals surface area contributed by atoms with E-state index in [1.165, 1.54) is 0 Å². The number of fused-ring (bicyclic) bond motifs is 1. The van der Waals surface area contributed by atoms with Crippen LogP contribution in [0.3, 0.4) is 0 Å². The second-order valence-electron chi connectivity index (χ2n) is 6.26. The molecule has 5 rings (SSSR count). The Morgan fingerprint density at radius 2 is 2.04 bits per heavy atom. The number of aromatic nitrogens is 7. The van der Waals surface area contributed by atoms with Gasteiger partial charge in [-0.15, -0.1) is 0 Å². The number of nitrogens with one attached hydrogen (secondary N) is 1. The van der Waals surface area contributed by atoms with Crippen molar-refractivity contribution in [1.82, 2.24) is 35.3 Å². The molecule has 9 nitrogen and oxygen atoms in total. The van der Waals surface area contributed by atoms with E-state index in [1.807, 2.05) is 18.2 Å². The highest BCUT2D eigenvalue weighted by Gasteiger charge is 2.27. The minimum Gasteiger partial charge on any atom is -0.356 e. The molecule has 4 aromatic heterocycles. The Balaban J connectivity index is 1.32. The molecule has 5 heterocycles. The first kappa shape index (κ1) is 14.9. The lowest BCUT2D eigenvalue weighted by atomic mass is 9.96. The summed E-state index contributed by atoms with van der Waals surface area (Å²) in [6.45, 7) is 1.73. The lowest BCUT2D eigenvalue weighted by molar-refractivity contribution is 0.329. The Bertz CT molecular complexity index is 1020. The molecule has 9 heteroatoms. The Morgan fingerprint density at radius 1 is 1.12 bits per heavy atom. The lowest BCUT2D eigenvalue weighted by Crippen LogP contribution is -2.33. The van der Waals surface area contributed by atoms with Gasteiger partial charge in [-0.05, 0) is 25.0 Å². The van der Waals surface area contributed by atoms with Crippen LogP contribution in [0.25, 0.3) is 22.6 Å². The molecular formula is C17H16N8O. The molecular weight excluding hydrogens is 332 g/mol. The summed E-state index contributed by atoms with van der Waals surface area (Å²) in [6, 6.07) is 5.65. The average Bonchev–Trinajstić information content (AvgIpc) is 3.38. The van der Waals surface area contributed by atoms with Gasteiger partial charge in [-0.1, -0.05) is 11.2 Å². The molecule has 130 valence electrons. The zero-order valence-corrected chi connectivity index (χ0v) is 13.9. The molecule has 26 heavy (non-hydrogen) atoms. The highest BCUT2D eigenvalue weighted by Crippen LogP contribution is 2.31. The van der Waals surface area contributed by atoms with Gasteiger partial charge in [0.15, 0.2) is 5.65 Å². The second-order valence-corrected chi connectivity index (χ2v) is 6.26. The number of anilines is 1. The minimum atomic E-state index is 0.248. The van der Waals surface area contributed by atoms with Crippen molar-refractivity contribution < 1.29 is 4.52 Å². The van der Waals surface area contributed by atoms with Crippen LogP contribution in [0.1, 0.15) is 24.7 Å². The van der Waals surface area contributed by atoms with Gasteiger partial charge in [-0.2, -0.15) is 10.1 Å². The van der Waals surface area contributed by atoms with Gasteiger partial charge in [0.25, 0.3) is 0 Å². The van der Waals surface area contributed by atoms with Crippen LogP contribution in [0.15, 0.2) is 41.4 Å². The van der Waals surface area contributed by atoms with Crippen molar-refractivity contribution in [2.24, 2.45) is 0 Å². The van der Waals surface area contributed by atoms with Crippen molar-refractivity contribution in [3.8, 4) is 11.5 Å². The molecule has 0 radical (unpaired) electrons. The largest absolute Gasteiger partial charge is 0.356 e. The maximum Gasteiger partial charge on any atom is 0.230 e. The standard InChI is InChI=1S/C17H16N8O/c1-2-6-18-13(3-1)15-22-17(26-24-15)11-4-7-25(8-5-11)16-12-9-21-23-14(12)19-10-20-16/h1-3,6,9-11H,4-5,7-8H2,(H,19,20,21,23). The third-order valence-electron chi connectivity index (χ3n) is 4.71. The van der Waals surface area contributed by atoms with Crippen LogP contribution in [0.5, 0.6) is 0 Å². The van der Waals surface area contributed by atoms with Gasteiger partial charge in [-0.3, -0.25) is 10.1 Å². The molecule has 1 aliphatic heterocycles. The van der Waals surface area contributed by atoms with Crippen LogP contribution in [-0.2, 0) is 0 Å². The molecule has 0 unspecified atom stereocenters. The van der Waals surface area contributed by atoms with Crippen LogP contribution in [-0.4, -0.2) is 48.4 Å². The summed E-state index contributed by atoms with van der Waals surface area (Å²) >= 11 is 0. The first-order chi connectivity index (χ1) is 12.9. The molecule has 0 amide bonds. The van der Waals surface area contributed by atoms with E-state index in [0.29, 0.717) is 11.7 Å². The van der Waals surface area contributed by atoms with Gasteiger partial charge in [0, 0.05) is 25.2 Å².